The Balaban J connectivity index is 0.00000280. The maximum atomic E-state index is 12.5. The first-order chi connectivity index (χ1) is 13.2. The van der Waals surface area contributed by atoms with Crippen LogP contribution in [0.1, 0.15) is 54.4 Å². The van der Waals surface area contributed by atoms with E-state index < -0.39 is 0 Å². The number of carbonyl (C=O) groups excluding carboxylic acids is 2. The SMILES string of the molecule is COC(=O)C1CCC(NC(=O)c2ccc(C=CC3CCNCC3)cc2)CC1.Cl. The van der Waals surface area contributed by atoms with E-state index in [1.807, 2.05) is 24.3 Å². The average molecular weight is 407 g/mol. The number of hydrogen-bond donors (Lipinski definition) is 2. The van der Waals surface area contributed by atoms with Crippen molar-refractivity contribution in [1.82, 2.24) is 10.6 Å². The molecule has 1 aliphatic heterocycles. The van der Waals surface area contributed by atoms with Gasteiger partial charge in [0.05, 0.1) is 13.0 Å². The van der Waals surface area contributed by atoms with Gasteiger partial charge in [0.2, 0.25) is 0 Å². The summed E-state index contributed by atoms with van der Waals surface area (Å²) >= 11 is 0. The van der Waals surface area contributed by atoms with E-state index in [0.717, 1.165) is 44.3 Å². The predicted molar refractivity (Wildman–Crippen MR) is 114 cm³/mol. The third-order valence-electron chi connectivity index (χ3n) is 5.71. The lowest BCUT2D eigenvalue weighted by molar-refractivity contribution is -0.146. The highest BCUT2D eigenvalue weighted by Gasteiger charge is 2.27. The normalized spacial score (nSPS) is 23.0. The predicted octanol–water partition coefficient (Wildman–Crippen LogP) is 3.58. The fourth-order valence-electron chi connectivity index (χ4n) is 3.94. The van der Waals surface area contributed by atoms with Crippen LogP contribution in [0.3, 0.4) is 0 Å². The first kappa shape index (κ1) is 22.4. The van der Waals surface area contributed by atoms with E-state index in [4.69, 9.17) is 4.74 Å². The molecule has 1 aliphatic carbocycles. The number of amides is 1. The van der Waals surface area contributed by atoms with E-state index in [-0.39, 0.29) is 36.2 Å². The summed E-state index contributed by atoms with van der Waals surface area (Å²) in [7, 11) is 1.43. The molecule has 1 saturated carbocycles. The van der Waals surface area contributed by atoms with Crippen molar-refractivity contribution in [2.45, 2.75) is 44.6 Å². The molecule has 1 saturated heterocycles. The largest absolute Gasteiger partial charge is 0.469 e. The van der Waals surface area contributed by atoms with Gasteiger partial charge < -0.3 is 15.4 Å². The highest BCUT2D eigenvalue weighted by atomic mass is 35.5. The molecule has 0 spiro atoms. The molecule has 0 bridgehead atoms. The molecule has 1 aromatic carbocycles. The molecule has 1 amide bonds. The Kier molecular flexibility index (Phi) is 9.00. The van der Waals surface area contributed by atoms with Crippen molar-refractivity contribution in [3.63, 3.8) is 0 Å². The molecule has 0 atom stereocenters. The lowest BCUT2D eigenvalue weighted by Crippen LogP contribution is -2.38. The molecule has 0 unspecified atom stereocenters. The van der Waals surface area contributed by atoms with Crippen LogP contribution in [0.4, 0.5) is 0 Å². The monoisotopic (exact) mass is 406 g/mol. The number of allylic oxidation sites excluding steroid dienone is 1. The molecule has 0 aromatic heterocycles. The van der Waals surface area contributed by atoms with Crippen LogP contribution in [0.5, 0.6) is 0 Å². The van der Waals surface area contributed by atoms with Crippen LogP contribution in [0, 0.1) is 11.8 Å². The number of ether oxygens (including phenoxy) is 1. The maximum Gasteiger partial charge on any atom is 0.308 e. The molecule has 2 aliphatic rings. The molecular formula is C22H31ClN2O3. The minimum absolute atomic E-state index is 0. The number of rotatable bonds is 5. The third kappa shape index (κ3) is 6.35. The highest BCUT2D eigenvalue weighted by molar-refractivity contribution is 5.94. The van der Waals surface area contributed by atoms with Crippen molar-refractivity contribution < 1.29 is 14.3 Å². The van der Waals surface area contributed by atoms with Crippen LogP contribution in [0.25, 0.3) is 6.08 Å². The zero-order valence-electron chi connectivity index (χ0n) is 16.5. The molecule has 5 nitrogen and oxygen atoms in total. The number of carbonyl (C=O) groups is 2. The summed E-state index contributed by atoms with van der Waals surface area (Å²) in [5.74, 6) is 0.460. The molecule has 28 heavy (non-hydrogen) atoms. The zero-order valence-corrected chi connectivity index (χ0v) is 17.3. The van der Waals surface area contributed by atoms with Gasteiger partial charge in [-0.1, -0.05) is 24.3 Å². The second-order valence-corrected chi connectivity index (χ2v) is 7.61. The van der Waals surface area contributed by atoms with Crippen molar-refractivity contribution in [2.75, 3.05) is 20.2 Å². The minimum atomic E-state index is -0.132. The number of methoxy groups -OCH3 is 1. The number of halogens is 1. The molecular weight excluding hydrogens is 376 g/mol. The average Bonchev–Trinajstić information content (AvgIpc) is 2.73. The van der Waals surface area contributed by atoms with Crippen LogP contribution >= 0.6 is 12.4 Å². The fourth-order valence-corrected chi connectivity index (χ4v) is 3.94. The molecule has 154 valence electrons. The topological polar surface area (TPSA) is 67.4 Å². The number of piperidine rings is 1. The summed E-state index contributed by atoms with van der Waals surface area (Å²) < 4.78 is 4.81. The van der Waals surface area contributed by atoms with Gasteiger partial charge in [0.15, 0.2) is 0 Å². The quantitative estimate of drug-likeness (QED) is 0.733. The summed E-state index contributed by atoms with van der Waals surface area (Å²) in [6.45, 7) is 2.19. The summed E-state index contributed by atoms with van der Waals surface area (Å²) in [5.41, 5.74) is 1.81. The summed E-state index contributed by atoms with van der Waals surface area (Å²) in [4.78, 5) is 24.1. The van der Waals surface area contributed by atoms with Gasteiger partial charge in [0.1, 0.15) is 0 Å². The minimum Gasteiger partial charge on any atom is -0.469 e. The van der Waals surface area contributed by atoms with Gasteiger partial charge in [-0.2, -0.15) is 0 Å². The Morgan fingerprint density at radius 1 is 1.04 bits per heavy atom. The van der Waals surface area contributed by atoms with E-state index >= 15 is 0 Å². The van der Waals surface area contributed by atoms with Gasteiger partial charge in [-0.25, -0.2) is 0 Å². The van der Waals surface area contributed by atoms with Gasteiger partial charge in [-0.15, -0.1) is 12.4 Å². The van der Waals surface area contributed by atoms with E-state index in [0.29, 0.717) is 11.5 Å². The van der Waals surface area contributed by atoms with Gasteiger partial charge >= 0.3 is 5.97 Å². The van der Waals surface area contributed by atoms with Crippen LogP contribution in [0.2, 0.25) is 0 Å². The van der Waals surface area contributed by atoms with Crippen molar-refractivity contribution in [1.29, 1.82) is 0 Å². The van der Waals surface area contributed by atoms with Crippen LogP contribution in [-0.4, -0.2) is 38.1 Å². The van der Waals surface area contributed by atoms with Gasteiger partial charge in [-0.05, 0) is 75.2 Å². The smallest absolute Gasteiger partial charge is 0.308 e. The summed E-state index contributed by atoms with van der Waals surface area (Å²) in [6, 6.07) is 7.91. The lowest BCUT2D eigenvalue weighted by Gasteiger charge is -2.27. The molecule has 0 radical (unpaired) electrons. The van der Waals surface area contributed by atoms with E-state index in [1.165, 1.54) is 20.0 Å². The van der Waals surface area contributed by atoms with Gasteiger partial charge in [0, 0.05) is 11.6 Å². The second-order valence-electron chi connectivity index (χ2n) is 7.61. The standard InChI is InChI=1S/C22H30N2O3.ClH/c1-27-22(26)19-8-10-20(11-9-19)24-21(25)18-6-4-16(5-7-18)2-3-17-12-14-23-15-13-17;/h2-7,17,19-20,23H,8-15H2,1H3,(H,24,25);1H. The molecule has 2 fully saturated rings. The highest BCUT2D eigenvalue weighted by Crippen LogP contribution is 2.25. The van der Waals surface area contributed by atoms with Crippen molar-refractivity contribution in [3.05, 3.63) is 41.5 Å². The van der Waals surface area contributed by atoms with Crippen molar-refractivity contribution >= 4 is 30.4 Å². The Morgan fingerprint density at radius 3 is 2.29 bits per heavy atom. The lowest BCUT2D eigenvalue weighted by atomic mass is 9.86. The molecule has 2 N–H and O–H groups in total. The van der Waals surface area contributed by atoms with Gasteiger partial charge in [0.25, 0.3) is 5.91 Å². The Morgan fingerprint density at radius 2 is 1.68 bits per heavy atom. The molecule has 1 aromatic rings. The number of benzene rings is 1. The second kappa shape index (κ2) is 11.2. The first-order valence-corrected chi connectivity index (χ1v) is 10.0. The summed E-state index contributed by atoms with van der Waals surface area (Å²) in [5, 5.41) is 6.48. The van der Waals surface area contributed by atoms with E-state index in [2.05, 4.69) is 22.8 Å². The van der Waals surface area contributed by atoms with Crippen LogP contribution in [-0.2, 0) is 9.53 Å². The summed E-state index contributed by atoms with van der Waals surface area (Å²) in [6.07, 6.45) is 10.0. The maximum absolute atomic E-state index is 12.5. The van der Waals surface area contributed by atoms with E-state index in [1.54, 1.807) is 0 Å². The number of esters is 1. The zero-order chi connectivity index (χ0) is 19.1. The fraction of sp³-hybridized carbons (Fsp3) is 0.545. The number of nitrogens with one attached hydrogen (secondary N) is 2. The van der Waals surface area contributed by atoms with Crippen molar-refractivity contribution in [3.8, 4) is 0 Å². The van der Waals surface area contributed by atoms with Crippen molar-refractivity contribution in [2.24, 2.45) is 11.8 Å². The Bertz CT molecular complexity index is 661. The molecule has 3 rings (SSSR count). The van der Waals surface area contributed by atoms with Crippen LogP contribution in [0.15, 0.2) is 30.3 Å². The Labute approximate surface area is 173 Å². The van der Waals surface area contributed by atoms with E-state index in [9.17, 15) is 9.59 Å². The van der Waals surface area contributed by atoms with Gasteiger partial charge in [-0.3, -0.25) is 9.59 Å². The van der Waals surface area contributed by atoms with Crippen LogP contribution < -0.4 is 10.6 Å². The first-order valence-electron chi connectivity index (χ1n) is 10.0. The Hall–Kier alpha value is -1.85. The molecule has 1 heterocycles. The third-order valence-corrected chi connectivity index (χ3v) is 5.71. The molecule has 6 heteroatoms. The number of hydrogen-bond acceptors (Lipinski definition) is 4.